The zero-order valence-corrected chi connectivity index (χ0v) is 20.3. The number of halogens is 1. The van der Waals surface area contributed by atoms with Crippen LogP contribution in [0.5, 0.6) is 11.5 Å². The van der Waals surface area contributed by atoms with Gasteiger partial charge >= 0.3 is 0 Å². The zero-order chi connectivity index (χ0) is 24.5. The number of nitrogens with one attached hydrogen (secondary N) is 1. The molecule has 0 saturated carbocycles. The van der Waals surface area contributed by atoms with Gasteiger partial charge in [0.05, 0.1) is 11.5 Å². The Labute approximate surface area is 210 Å². The highest BCUT2D eigenvalue weighted by atomic mass is 127. The number of carbonyl (C=O) groups is 1. The third-order valence-electron chi connectivity index (χ3n) is 4.57. The molecule has 0 heterocycles. The molecule has 0 spiro atoms. The van der Waals surface area contributed by atoms with Gasteiger partial charge in [-0.15, -0.1) is 0 Å². The molecule has 34 heavy (non-hydrogen) atoms. The van der Waals surface area contributed by atoms with E-state index in [4.69, 9.17) is 9.47 Å². The average molecular weight is 569 g/mol. The van der Waals surface area contributed by atoms with Crippen LogP contribution in [0.25, 0.3) is 6.08 Å². The Kier molecular flexibility index (Phi) is 8.59. The fourth-order valence-corrected chi connectivity index (χ4v) is 3.50. The molecule has 0 aromatic heterocycles. The van der Waals surface area contributed by atoms with Crippen molar-refractivity contribution in [2.24, 2.45) is 0 Å². The fourth-order valence-electron chi connectivity index (χ4n) is 2.96. The molecule has 1 N–H and O–H groups in total. The van der Waals surface area contributed by atoms with Gasteiger partial charge in [0.2, 0.25) is 0 Å². The summed E-state index contributed by atoms with van der Waals surface area (Å²) >= 11 is 2.14. The molecule has 0 aliphatic heterocycles. The number of rotatable bonds is 9. The molecule has 0 aliphatic carbocycles. The maximum absolute atomic E-state index is 12.6. The summed E-state index contributed by atoms with van der Waals surface area (Å²) in [7, 11) is 0. The number of nitro groups is 1. The standard InChI is InChI=1S/C25H20IN3O5/c1-2-33-24-13-18(12-19(15-27)25(30)28-21-5-3-4-20(26)14-21)8-11-23(24)34-16-17-6-9-22(10-7-17)29(31)32/h3-14H,2,16H2,1H3,(H,28,30)/b19-12+. The van der Waals surface area contributed by atoms with Crippen LogP contribution in [0.3, 0.4) is 0 Å². The van der Waals surface area contributed by atoms with Crippen LogP contribution in [0.2, 0.25) is 0 Å². The Bertz CT molecular complexity index is 1270. The summed E-state index contributed by atoms with van der Waals surface area (Å²) in [4.78, 5) is 22.9. The maximum atomic E-state index is 12.6. The van der Waals surface area contributed by atoms with Crippen molar-refractivity contribution in [3.8, 4) is 17.6 Å². The normalized spacial score (nSPS) is 10.8. The molecular formula is C25H20IN3O5. The van der Waals surface area contributed by atoms with Crippen molar-refractivity contribution in [2.45, 2.75) is 13.5 Å². The van der Waals surface area contributed by atoms with Gasteiger partial charge in [-0.3, -0.25) is 14.9 Å². The van der Waals surface area contributed by atoms with E-state index in [-0.39, 0.29) is 17.9 Å². The Balaban J connectivity index is 1.76. The number of hydrogen-bond acceptors (Lipinski definition) is 6. The van der Waals surface area contributed by atoms with Crippen molar-refractivity contribution in [3.63, 3.8) is 0 Å². The van der Waals surface area contributed by atoms with E-state index < -0.39 is 10.8 Å². The first-order valence-corrected chi connectivity index (χ1v) is 11.3. The molecule has 0 atom stereocenters. The minimum atomic E-state index is -0.513. The lowest BCUT2D eigenvalue weighted by atomic mass is 10.1. The smallest absolute Gasteiger partial charge is 0.269 e. The first kappa shape index (κ1) is 24.7. The summed E-state index contributed by atoms with van der Waals surface area (Å²) in [6.07, 6.45) is 1.48. The van der Waals surface area contributed by atoms with E-state index in [0.29, 0.717) is 29.4 Å². The van der Waals surface area contributed by atoms with Crippen LogP contribution >= 0.6 is 22.6 Å². The summed E-state index contributed by atoms with van der Waals surface area (Å²) in [6.45, 7) is 2.41. The second-order valence-corrected chi connectivity index (χ2v) is 8.23. The van der Waals surface area contributed by atoms with Crippen LogP contribution in [0.4, 0.5) is 11.4 Å². The number of nitro benzene ring substituents is 1. The topological polar surface area (TPSA) is 114 Å². The van der Waals surface area contributed by atoms with Crippen LogP contribution in [0, 0.1) is 25.0 Å². The predicted molar refractivity (Wildman–Crippen MR) is 136 cm³/mol. The van der Waals surface area contributed by atoms with E-state index in [1.165, 1.54) is 18.2 Å². The first-order valence-electron chi connectivity index (χ1n) is 10.2. The van der Waals surface area contributed by atoms with Gasteiger partial charge < -0.3 is 14.8 Å². The zero-order valence-electron chi connectivity index (χ0n) is 18.2. The summed E-state index contributed by atoms with van der Waals surface area (Å²) < 4.78 is 12.5. The molecule has 0 aliphatic rings. The molecule has 0 unspecified atom stereocenters. The SMILES string of the molecule is CCOc1cc(/C=C(\C#N)C(=O)Nc2cccc(I)c2)ccc1OCc1ccc([N+](=O)[O-])cc1. The Morgan fingerprint density at radius 3 is 2.53 bits per heavy atom. The van der Waals surface area contributed by atoms with Crippen molar-refractivity contribution in [3.05, 3.63) is 97.1 Å². The van der Waals surface area contributed by atoms with E-state index in [1.807, 2.05) is 25.1 Å². The molecule has 3 rings (SSSR count). The Morgan fingerprint density at radius 2 is 1.88 bits per heavy atom. The van der Waals surface area contributed by atoms with Gasteiger partial charge in [0, 0.05) is 21.4 Å². The van der Waals surface area contributed by atoms with Gasteiger partial charge in [-0.05, 0) is 89.2 Å². The minimum absolute atomic E-state index is 0.00854. The highest BCUT2D eigenvalue weighted by molar-refractivity contribution is 14.1. The minimum Gasteiger partial charge on any atom is -0.490 e. The number of non-ortho nitro benzene ring substituents is 1. The van der Waals surface area contributed by atoms with E-state index >= 15 is 0 Å². The molecule has 3 aromatic rings. The molecule has 8 nitrogen and oxygen atoms in total. The number of carbonyl (C=O) groups excluding carboxylic acids is 1. The van der Waals surface area contributed by atoms with E-state index in [2.05, 4.69) is 27.9 Å². The average Bonchev–Trinajstić information content (AvgIpc) is 2.82. The second kappa shape index (κ2) is 11.8. The molecule has 172 valence electrons. The molecule has 0 saturated heterocycles. The van der Waals surface area contributed by atoms with E-state index in [1.54, 1.807) is 42.5 Å². The Morgan fingerprint density at radius 1 is 1.12 bits per heavy atom. The molecule has 3 aromatic carbocycles. The predicted octanol–water partition coefficient (Wildman–Crippen LogP) is 5.72. The highest BCUT2D eigenvalue weighted by Crippen LogP contribution is 2.30. The van der Waals surface area contributed by atoms with Crippen LogP contribution in [0.1, 0.15) is 18.1 Å². The number of hydrogen-bond donors (Lipinski definition) is 1. The van der Waals surface area contributed by atoms with Crippen LogP contribution in [-0.2, 0) is 11.4 Å². The van der Waals surface area contributed by atoms with E-state index in [9.17, 15) is 20.2 Å². The third kappa shape index (κ3) is 6.79. The quantitative estimate of drug-likeness (QED) is 0.116. The van der Waals surface area contributed by atoms with Gasteiger partial charge in [-0.1, -0.05) is 12.1 Å². The van der Waals surface area contributed by atoms with Gasteiger partial charge in [-0.2, -0.15) is 5.26 Å². The number of anilines is 1. The largest absolute Gasteiger partial charge is 0.490 e. The highest BCUT2D eigenvalue weighted by Gasteiger charge is 2.12. The fraction of sp³-hybridized carbons (Fsp3) is 0.120. The molecule has 0 fully saturated rings. The molecule has 0 radical (unpaired) electrons. The lowest BCUT2D eigenvalue weighted by Gasteiger charge is -2.13. The summed E-state index contributed by atoms with van der Waals surface area (Å²) in [5.41, 5.74) is 1.91. The van der Waals surface area contributed by atoms with Gasteiger partial charge in [0.1, 0.15) is 18.2 Å². The summed E-state index contributed by atoms with van der Waals surface area (Å²) in [6, 6.07) is 20.4. The molecule has 0 bridgehead atoms. The summed E-state index contributed by atoms with van der Waals surface area (Å²) in [5, 5.41) is 23.0. The number of benzene rings is 3. The number of nitriles is 1. The van der Waals surface area contributed by atoms with Crippen LogP contribution < -0.4 is 14.8 Å². The third-order valence-corrected chi connectivity index (χ3v) is 5.24. The number of amides is 1. The van der Waals surface area contributed by atoms with E-state index in [0.717, 1.165) is 9.13 Å². The monoisotopic (exact) mass is 569 g/mol. The van der Waals surface area contributed by atoms with Gasteiger partial charge in [-0.25, -0.2) is 0 Å². The van der Waals surface area contributed by atoms with Crippen molar-refractivity contribution in [1.29, 1.82) is 5.26 Å². The maximum Gasteiger partial charge on any atom is 0.269 e. The second-order valence-electron chi connectivity index (χ2n) is 6.99. The van der Waals surface area contributed by atoms with Gasteiger partial charge in [0.15, 0.2) is 11.5 Å². The van der Waals surface area contributed by atoms with Crippen LogP contribution in [-0.4, -0.2) is 17.4 Å². The number of nitrogens with zero attached hydrogens (tertiary/aromatic N) is 2. The van der Waals surface area contributed by atoms with Crippen molar-refractivity contribution >= 4 is 45.9 Å². The van der Waals surface area contributed by atoms with Crippen LogP contribution in [0.15, 0.2) is 72.3 Å². The first-order chi connectivity index (χ1) is 16.4. The molecule has 9 heteroatoms. The molecule has 1 amide bonds. The lowest BCUT2D eigenvalue weighted by molar-refractivity contribution is -0.384. The number of ether oxygens (including phenoxy) is 2. The van der Waals surface area contributed by atoms with Crippen molar-refractivity contribution in [1.82, 2.24) is 0 Å². The molecular weight excluding hydrogens is 549 g/mol. The Hall–Kier alpha value is -3.91. The van der Waals surface area contributed by atoms with Crippen molar-refractivity contribution < 1.29 is 19.2 Å². The van der Waals surface area contributed by atoms with Crippen molar-refractivity contribution in [2.75, 3.05) is 11.9 Å². The summed E-state index contributed by atoms with van der Waals surface area (Å²) in [5.74, 6) is 0.411. The lowest BCUT2D eigenvalue weighted by Crippen LogP contribution is -2.13. The van der Waals surface area contributed by atoms with Gasteiger partial charge in [0.25, 0.3) is 11.6 Å².